The average Bonchev–Trinajstić information content (AvgIpc) is 3.15. The molecule has 1 atom stereocenters. The number of thiophene rings is 1. The topological polar surface area (TPSA) is 26.5 Å². The van der Waals surface area contributed by atoms with Crippen molar-refractivity contribution in [2.75, 3.05) is 13.7 Å². The Kier molecular flexibility index (Phi) is 5.33. The molecule has 3 aromatic rings. The summed E-state index contributed by atoms with van der Waals surface area (Å²) in [4.78, 5) is 6.90. The summed E-state index contributed by atoms with van der Waals surface area (Å²) in [6.07, 6.45) is 0. The summed E-state index contributed by atoms with van der Waals surface area (Å²) in [6.45, 7) is 2.77. The van der Waals surface area contributed by atoms with Crippen LogP contribution in [0.3, 0.4) is 0 Å². The summed E-state index contributed by atoms with van der Waals surface area (Å²) >= 11 is 9.32. The van der Waals surface area contributed by atoms with Crippen LogP contribution < -0.4 is 4.80 Å². The largest absolute Gasteiger partial charge is 0.383 e. The summed E-state index contributed by atoms with van der Waals surface area (Å²) in [5.74, 6) is 0. The van der Waals surface area contributed by atoms with E-state index in [0.29, 0.717) is 6.61 Å². The lowest BCUT2D eigenvalue weighted by atomic mass is 10.3. The van der Waals surface area contributed by atoms with Gasteiger partial charge in [0.25, 0.3) is 0 Å². The molecule has 3 rings (SSSR count). The molecule has 120 valence electrons. The molecule has 0 saturated heterocycles. The Morgan fingerprint density at radius 1 is 1.22 bits per heavy atom. The fourth-order valence-corrected chi connectivity index (χ4v) is 4.53. The smallest absolute Gasteiger partial charge is 0.190 e. The molecule has 0 aliphatic heterocycles. The van der Waals surface area contributed by atoms with E-state index in [1.807, 2.05) is 36.4 Å². The van der Waals surface area contributed by atoms with Gasteiger partial charge in [-0.05, 0) is 31.2 Å². The zero-order valence-corrected chi connectivity index (χ0v) is 15.3. The summed E-state index contributed by atoms with van der Waals surface area (Å²) in [5.41, 5.74) is 2.08. The molecule has 0 N–H and O–H groups in total. The summed E-state index contributed by atoms with van der Waals surface area (Å²) < 4.78 is 8.36. The highest BCUT2D eigenvalue weighted by Crippen LogP contribution is 2.32. The van der Waals surface area contributed by atoms with Crippen LogP contribution in [0.15, 0.2) is 52.8 Å². The minimum absolute atomic E-state index is 0.185. The predicted molar refractivity (Wildman–Crippen MR) is 98.9 cm³/mol. The van der Waals surface area contributed by atoms with Crippen molar-refractivity contribution in [3.05, 3.63) is 57.0 Å². The van der Waals surface area contributed by atoms with Crippen LogP contribution in [0.1, 0.15) is 13.0 Å². The Morgan fingerprint density at radius 2 is 2.00 bits per heavy atom. The Balaban J connectivity index is 2.13. The van der Waals surface area contributed by atoms with Crippen LogP contribution in [-0.2, 0) is 4.74 Å². The third kappa shape index (κ3) is 3.75. The van der Waals surface area contributed by atoms with E-state index in [9.17, 15) is 0 Å². The molecule has 0 amide bonds. The van der Waals surface area contributed by atoms with Crippen molar-refractivity contribution >= 4 is 40.0 Å². The fourth-order valence-electron chi connectivity index (χ4n) is 2.39. The van der Waals surface area contributed by atoms with Gasteiger partial charge in [0.15, 0.2) is 4.80 Å². The van der Waals surface area contributed by atoms with Gasteiger partial charge in [-0.3, -0.25) is 0 Å². The monoisotopic (exact) mass is 364 g/mol. The molecule has 2 heterocycles. The van der Waals surface area contributed by atoms with Crippen LogP contribution in [0.4, 0.5) is 5.69 Å². The predicted octanol–water partition coefficient (Wildman–Crippen LogP) is 5.37. The van der Waals surface area contributed by atoms with Gasteiger partial charge < -0.3 is 9.30 Å². The normalized spacial score (nSPS) is 13.4. The summed E-state index contributed by atoms with van der Waals surface area (Å²) in [6, 6.07) is 14.2. The van der Waals surface area contributed by atoms with E-state index in [1.165, 1.54) is 0 Å². The van der Waals surface area contributed by atoms with Gasteiger partial charge in [-0.15, -0.1) is 22.7 Å². The van der Waals surface area contributed by atoms with Gasteiger partial charge in [0.1, 0.15) is 0 Å². The number of nitrogens with zero attached hydrogens (tertiary/aromatic N) is 2. The van der Waals surface area contributed by atoms with E-state index in [2.05, 4.69) is 22.9 Å². The quantitative estimate of drug-likeness (QED) is 0.597. The second-order valence-corrected chi connectivity index (χ2v) is 7.68. The average molecular weight is 365 g/mol. The SMILES string of the molecule is COC[C@@H](C)n1c(-c2ccc(Cl)s2)csc1=Nc1ccccc1. The lowest BCUT2D eigenvalue weighted by Gasteiger charge is -2.15. The maximum absolute atomic E-state index is 6.10. The van der Waals surface area contributed by atoms with Crippen molar-refractivity contribution in [3.8, 4) is 10.6 Å². The van der Waals surface area contributed by atoms with Crippen molar-refractivity contribution in [2.24, 2.45) is 4.99 Å². The van der Waals surface area contributed by atoms with Gasteiger partial charge >= 0.3 is 0 Å². The molecule has 0 aliphatic rings. The van der Waals surface area contributed by atoms with E-state index >= 15 is 0 Å². The standard InChI is InChI=1S/C17H17ClN2OS2/c1-12(10-21-2)20-14(15-8-9-16(18)23-15)11-22-17(20)19-13-6-4-3-5-7-13/h3-9,11-12H,10H2,1-2H3/t12-/m1/s1. The van der Waals surface area contributed by atoms with E-state index in [1.54, 1.807) is 29.8 Å². The van der Waals surface area contributed by atoms with Gasteiger partial charge in [0.2, 0.25) is 0 Å². The third-order valence-electron chi connectivity index (χ3n) is 3.40. The molecule has 0 unspecified atom stereocenters. The van der Waals surface area contributed by atoms with Crippen molar-refractivity contribution in [2.45, 2.75) is 13.0 Å². The zero-order chi connectivity index (χ0) is 16.2. The molecule has 0 spiro atoms. The number of hydrogen-bond donors (Lipinski definition) is 0. The molecule has 0 aliphatic carbocycles. The second-order valence-electron chi connectivity index (χ2n) is 5.13. The van der Waals surface area contributed by atoms with Crippen LogP contribution in [0, 0.1) is 0 Å². The molecule has 0 bridgehead atoms. The van der Waals surface area contributed by atoms with Gasteiger partial charge in [-0.2, -0.15) is 0 Å². The minimum Gasteiger partial charge on any atom is -0.383 e. The molecule has 6 heteroatoms. The summed E-state index contributed by atoms with van der Waals surface area (Å²) in [5, 5.41) is 2.14. The van der Waals surface area contributed by atoms with E-state index in [0.717, 1.165) is 25.4 Å². The zero-order valence-electron chi connectivity index (χ0n) is 12.9. The van der Waals surface area contributed by atoms with Crippen molar-refractivity contribution in [1.29, 1.82) is 0 Å². The molecule has 2 aromatic heterocycles. The fraction of sp³-hybridized carbons (Fsp3) is 0.235. The Bertz CT molecular complexity index is 836. The van der Waals surface area contributed by atoms with Crippen LogP contribution >= 0.6 is 34.3 Å². The highest BCUT2D eigenvalue weighted by atomic mass is 35.5. The van der Waals surface area contributed by atoms with Crippen LogP contribution in [0.2, 0.25) is 4.34 Å². The van der Waals surface area contributed by atoms with Gasteiger partial charge in [0.05, 0.1) is 33.2 Å². The van der Waals surface area contributed by atoms with Gasteiger partial charge in [-0.1, -0.05) is 29.8 Å². The lowest BCUT2D eigenvalue weighted by Crippen LogP contribution is -2.22. The number of hydrogen-bond acceptors (Lipinski definition) is 4. The molecular formula is C17H17ClN2OS2. The molecule has 3 nitrogen and oxygen atoms in total. The van der Waals surface area contributed by atoms with Crippen LogP contribution in [0.5, 0.6) is 0 Å². The third-order valence-corrected chi connectivity index (χ3v) is 5.49. The molecule has 1 aromatic carbocycles. The number of aromatic nitrogens is 1. The van der Waals surface area contributed by atoms with Crippen molar-refractivity contribution in [1.82, 2.24) is 4.57 Å². The number of para-hydroxylation sites is 1. The van der Waals surface area contributed by atoms with Crippen LogP contribution in [-0.4, -0.2) is 18.3 Å². The summed E-state index contributed by atoms with van der Waals surface area (Å²) in [7, 11) is 1.72. The number of benzene rings is 1. The minimum atomic E-state index is 0.185. The number of thiazole rings is 1. The first kappa shape index (κ1) is 16.5. The van der Waals surface area contributed by atoms with Crippen molar-refractivity contribution < 1.29 is 4.74 Å². The Morgan fingerprint density at radius 3 is 2.65 bits per heavy atom. The maximum atomic E-state index is 6.10. The van der Waals surface area contributed by atoms with Gasteiger partial charge in [-0.25, -0.2) is 4.99 Å². The van der Waals surface area contributed by atoms with Crippen LogP contribution in [0.25, 0.3) is 10.6 Å². The number of halogens is 1. The van der Waals surface area contributed by atoms with E-state index in [4.69, 9.17) is 21.3 Å². The first-order valence-corrected chi connectivity index (χ1v) is 9.31. The lowest BCUT2D eigenvalue weighted by molar-refractivity contribution is 0.162. The van der Waals surface area contributed by atoms with E-state index in [-0.39, 0.29) is 6.04 Å². The second kappa shape index (κ2) is 7.45. The number of ether oxygens (including phenoxy) is 1. The Labute approximate surface area is 148 Å². The molecule has 0 fully saturated rings. The first-order chi connectivity index (χ1) is 11.2. The van der Waals surface area contributed by atoms with Gasteiger partial charge in [0, 0.05) is 12.5 Å². The number of methoxy groups -OCH3 is 1. The Hall–Kier alpha value is -1.40. The van der Waals surface area contributed by atoms with E-state index < -0.39 is 0 Å². The van der Waals surface area contributed by atoms with Crippen molar-refractivity contribution in [3.63, 3.8) is 0 Å². The maximum Gasteiger partial charge on any atom is 0.190 e. The molecule has 0 radical (unpaired) electrons. The number of rotatable bonds is 5. The molecule has 0 saturated carbocycles. The molecule has 23 heavy (non-hydrogen) atoms. The highest BCUT2D eigenvalue weighted by molar-refractivity contribution is 7.19. The highest BCUT2D eigenvalue weighted by Gasteiger charge is 2.15. The first-order valence-electron chi connectivity index (χ1n) is 7.23. The molecular weight excluding hydrogens is 348 g/mol.